The van der Waals surface area contributed by atoms with Crippen molar-refractivity contribution in [2.75, 3.05) is 19.5 Å². The Morgan fingerprint density at radius 3 is 2.78 bits per heavy atom. The van der Waals surface area contributed by atoms with Crippen LogP contribution in [0.4, 0.5) is 0 Å². The average molecular weight is 145 g/mol. The van der Waals surface area contributed by atoms with Crippen LogP contribution in [0.2, 0.25) is 0 Å². The first-order chi connectivity index (χ1) is 4.31. The van der Waals surface area contributed by atoms with Crippen molar-refractivity contribution in [3.63, 3.8) is 0 Å². The van der Waals surface area contributed by atoms with Crippen LogP contribution in [0, 0.1) is 11.5 Å². The van der Waals surface area contributed by atoms with Crippen LogP contribution >= 0.6 is 11.6 Å². The third kappa shape index (κ3) is 5.19. The van der Waals surface area contributed by atoms with Crippen molar-refractivity contribution >= 4 is 11.6 Å². The maximum Gasteiger partial charge on any atom is 0.179 e. The fourth-order valence-electron chi connectivity index (χ4n) is 0.336. The summed E-state index contributed by atoms with van der Waals surface area (Å²) in [4.78, 5) is 1.52. The van der Waals surface area contributed by atoms with Crippen molar-refractivity contribution < 1.29 is 0 Å². The standard InChI is InChI=1S/C6H9ClN2/c1-9(6-8)5-3-2-4-7/h2-3H,4-5H2,1H3/b3-2+. The first-order valence-corrected chi connectivity index (χ1v) is 3.16. The summed E-state index contributed by atoms with van der Waals surface area (Å²) < 4.78 is 0. The highest BCUT2D eigenvalue weighted by Crippen LogP contribution is 1.81. The van der Waals surface area contributed by atoms with Gasteiger partial charge in [0.2, 0.25) is 0 Å². The molecule has 0 aliphatic heterocycles. The van der Waals surface area contributed by atoms with Gasteiger partial charge >= 0.3 is 0 Å². The summed E-state index contributed by atoms with van der Waals surface area (Å²) >= 11 is 5.34. The summed E-state index contributed by atoms with van der Waals surface area (Å²) in [5.74, 6) is 0.513. The van der Waals surface area contributed by atoms with Gasteiger partial charge in [0, 0.05) is 19.5 Å². The van der Waals surface area contributed by atoms with Crippen LogP contribution in [0.5, 0.6) is 0 Å². The molecular formula is C6H9ClN2. The minimum atomic E-state index is 0.513. The van der Waals surface area contributed by atoms with Crippen molar-refractivity contribution in [1.82, 2.24) is 4.90 Å². The second-order valence-corrected chi connectivity index (χ2v) is 1.91. The molecular weight excluding hydrogens is 136 g/mol. The molecule has 0 radical (unpaired) electrons. The molecule has 0 saturated carbocycles. The summed E-state index contributed by atoms with van der Waals surface area (Å²) in [6.45, 7) is 0.642. The van der Waals surface area contributed by atoms with Gasteiger partial charge < -0.3 is 4.90 Å². The zero-order valence-electron chi connectivity index (χ0n) is 5.34. The molecule has 0 fully saturated rings. The predicted octanol–water partition coefficient (Wildman–Crippen LogP) is 1.19. The maximum absolute atomic E-state index is 8.24. The van der Waals surface area contributed by atoms with Gasteiger partial charge in [-0.15, -0.1) is 11.6 Å². The largest absolute Gasteiger partial charge is 0.310 e. The third-order valence-corrected chi connectivity index (χ3v) is 0.984. The molecule has 0 atom stereocenters. The maximum atomic E-state index is 8.24. The van der Waals surface area contributed by atoms with Gasteiger partial charge in [0.1, 0.15) is 0 Å². The molecule has 0 spiro atoms. The molecule has 0 bridgehead atoms. The summed E-state index contributed by atoms with van der Waals surface area (Å²) in [5.41, 5.74) is 0. The predicted molar refractivity (Wildman–Crippen MR) is 38.1 cm³/mol. The van der Waals surface area contributed by atoms with Gasteiger partial charge in [-0.1, -0.05) is 12.2 Å². The van der Waals surface area contributed by atoms with Crippen molar-refractivity contribution in [1.29, 1.82) is 5.26 Å². The van der Waals surface area contributed by atoms with Crippen LogP contribution in [-0.2, 0) is 0 Å². The fraction of sp³-hybridized carbons (Fsp3) is 0.500. The summed E-state index contributed by atoms with van der Waals surface area (Å²) in [6, 6.07) is 0. The normalized spacial score (nSPS) is 9.44. The van der Waals surface area contributed by atoms with Crippen molar-refractivity contribution in [3.8, 4) is 6.19 Å². The molecule has 9 heavy (non-hydrogen) atoms. The minimum absolute atomic E-state index is 0.513. The van der Waals surface area contributed by atoms with Crippen molar-refractivity contribution in [2.24, 2.45) is 0 Å². The Morgan fingerprint density at radius 2 is 2.33 bits per heavy atom. The van der Waals surface area contributed by atoms with Gasteiger partial charge in [0.05, 0.1) is 0 Å². The molecule has 0 rings (SSSR count). The number of halogens is 1. The molecule has 3 heteroatoms. The number of rotatable bonds is 3. The van der Waals surface area contributed by atoms with Crippen LogP contribution in [0.1, 0.15) is 0 Å². The number of nitriles is 1. The molecule has 2 nitrogen and oxygen atoms in total. The Hall–Kier alpha value is -0.680. The summed E-state index contributed by atoms with van der Waals surface area (Å²) in [7, 11) is 1.72. The Morgan fingerprint density at radius 1 is 1.67 bits per heavy atom. The van der Waals surface area contributed by atoms with E-state index in [1.807, 2.05) is 18.3 Å². The number of hydrogen-bond acceptors (Lipinski definition) is 2. The first kappa shape index (κ1) is 8.32. The van der Waals surface area contributed by atoms with E-state index in [1.165, 1.54) is 4.90 Å². The van der Waals surface area contributed by atoms with E-state index < -0.39 is 0 Å². The number of hydrogen-bond donors (Lipinski definition) is 0. The second-order valence-electron chi connectivity index (χ2n) is 1.61. The average Bonchev–Trinajstić information content (AvgIpc) is 1.89. The van der Waals surface area contributed by atoms with Gasteiger partial charge in [0.15, 0.2) is 6.19 Å². The molecule has 0 heterocycles. The molecule has 0 aromatic carbocycles. The van der Waals surface area contributed by atoms with Crippen molar-refractivity contribution in [3.05, 3.63) is 12.2 Å². The lowest BCUT2D eigenvalue weighted by Crippen LogP contribution is -2.09. The molecule has 0 aliphatic rings. The van der Waals surface area contributed by atoms with Crippen LogP contribution in [-0.4, -0.2) is 24.4 Å². The lowest BCUT2D eigenvalue weighted by Gasteiger charge is -2.01. The molecule has 0 unspecified atom stereocenters. The van der Waals surface area contributed by atoms with Crippen molar-refractivity contribution in [2.45, 2.75) is 0 Å². The number of nitrogens with zero attached hydrogens (tertiary/aromatic N) is 2. The molecule has 0 aromatic heterocycles. The van der Waals surface area contributed by atoms with Crippen LogP contribution < -0.4 is 0 Å². The van der Waals surface area contributed by atoms with E-state index in [4.69, 9.17) is 16.9 Å². The number of alkyl halides is 1. The molecule has 0 aliphatic carbocycles. The van der Waals surface area contributed by atoms with Gasteiger partial charge in [-0.05, 0) is 0 Å². The van der Waals surface area contributed by atoms with Gasteiger partial charge in [-0.25, -0.2) is 0 Å². The Bertz CT molecular complexity index is 126. The van der Waals surface area contributed by atoms with Gasteiger partial charge in [-0.3, -0.25) is 0 Å². The highest BCUT2D eigenvalue weighted by Gasteiger charge is 1.83. The smallest absolute Gasteiger partial charge is 0.179 e. The van der Waals surface area contributed by atoms with Crippen LogP contribution in [0.15, 0.2) is 12.2 Å². The number of allylic oxidation sites excluding steroid dienone is 1. The zero-order valence-corrected chi connectivity index (χ0v) is 6.10. The highest BCUT2D eigenvalue weighted by molar-refractivity contribution is 6.18. The molecule has 0 N–H and O–H groups in total. The minimum Gasteiger partial charge on any atom is -0.310 e. The SMILES string of the molecule is CN(C#N)C/C=C/CCl. The second kappa shape index (κ2) is 5.46. The van der Waals surface area contributed by atoms with Crippen LogP contribution in [0.3, 0.4) is 0 Å². The Balaban J connectivity index is 3.29. The third-order valence-electron chi connectivity index (χ3n) is 0.806. The summed E-state index contributed by atoms with van der Waals surface area (Å²) in [5, 5.41) is 8.24. The molecule has 50 valence electrons. The van der Waals surface area contributed by atoms with Gasteiger partial charge in [-0.2, -0.15) is 5.26 Å². The van der Waals surface area contributed by atoms with E-state index in [-0.39, 0.29) is 0 Å². The Labute approximate surface area is 60.3 Å². The summed E-state index contributed by atoms with van der Waals surface area (Å²) in [6.07, 6.45) is 5.64. The van der Waals surface area contributed by atoms with E-state index in [2.05, 4.69) is 0 Å². The lowest BCUT2D eigenvalue weighted by atomic mass is 10.5. The zero-order chi connectivity index (χ0) is 7.11. The lowest BCUT2D eigenvalue weighted by molar-refractivity contribution is 0.529. The monoisotopic (exact) mass is 144 g/mol. The van der Waals surface area contributed by atoms with E-state index >= 15 is 0 Å². The first-order valence-electron chi connectivity index (χ1n) is 2.63. The number of likely N-dealkylation sites (N-methyl/N-ethyl adjacent to an activating group) is 1. The van der Waals surface area contributed by atoms with Gasteiger partial charge in [0.25, 0.3) is 0 Å². The molecule has 0 saturated heterocycles. The fourth-order valence-corrected chi connectivity index (χ4v) is 0.462. The highest BCUT2D eigenvalue weighted by atomic mass is 35.5. The molecule has 0 amide bonds. The van der Waals surface area contributed by atoms with Crippen LogP contribution in [0.25, 0.3) is 0 Å². The quantitative estimate of drug-likeness (QED) is 0.258. The molecule has 0 aromatic rings. The van der Waals surface area contributed by atoms with E-state index in [0.717, 1.165) is 0 Å². The van der Waals surface area contributed by atoms with E-state index in [9.17, 15) is 0 Å². The van der Waals surface area contributed by atoms with E-state index in [0.29, 0.717) is 12.4 Å². The Kier molecular flexibility index (Phi) is 5.04. The van der Waals surface area contributed by atoms with E-state index in [1.54, 1.807) is 7.05 Å². The topological polar surface area (TPSA) is 27.0 Å².